The van der Waals surface area contributed by atoms with Crippen molar-refractivity contribution in [2.75, 3.05) is 19.5 Å². The summed E-state index contributed by atoms with van der Waals surface area (Å²) in [5.41, 5.74) is 3.26. The van der Waals surface area contributed by atoms with Gasteiger partial charge in [-0.15, -0.1) is 0 Å². The van der Waals surface area contributed by atoms with Crippen molar-refractivity contribution in [2.45, 2.75) is 20.4 Å². The molecule has 1 amide bonds. The van der Waals surface area contributed by atoms with Gasteiger partial charge in [0, 0.05) is 23.5 Å². The van der Waals surface area contributed by atoms with Gasteiger partial charge in [0.25, 0.3) is 5.89 Å². The summed E-state index contributed by atoms with van der Waals surface area (Å²) in [7, 11) is 3.06. The van der Waals surface area contributed by atoms with Crippen molar-refractivity contribution in [3.8, 4) is 34.3 Å². The van der Waals surface area contributed by atoms with Crippen molar-refractivity contribution >= 4 is 22.6 Å². The second-order valence-corrected chi connectivity index (χ2v) is 8.73. The summed E-state index contributed by atoms with van der Waals surface area (Å²) < 4.78 is 17.7. The Morgan fingerprint density at radius 3 is 2.53 bits per heavy atom. The molecule has 2 aromatic carbocycles. The number of benzene rings is 2. The van der Waals surface area contributed by atoms with Gasteiger partial charge in [-0.1, -0.05) is 35.0 Å². The van der Waals surface area contributed by atoms with Gasteiger partial charge in [0.15, 0.2) is 0 Å². The van der Waals surface area contributed by atoms with E-state index in [0.29, 0.717) is 39.7 Å². The predicted molar refractivity (Wildman–Crippen MR) is 142 cm³/mol. The zero-order valence-corrected chi connectivity index (χ0v) is 21.3. The number of carbonyl (C=O) groups excluding carboxylic acids is 1. The molecule has 0 aliphatic carbocycles. The molecule has 0 saturated carbocycles. The zero-order chi connectivity index (χ0) is 26.8. The van der Waals surface area contributed by atoms with Crippen LogP contribution in [0.1, 0.15) is 11.3 Å². The van der Waals surface area contributed by atoms with Gasteiger partial charge >= 0.3 is 0 Å². The number of rotatable bonds is 7. The van der Waals surface area contributed by atoms with E-state index < -0.39 is 0 Å². The number of pyridine rings is 2. The minimum absolute atomic E-state index is 0.0547. The molecule has 0 radical (unpaired) electrons. The normalized spacial score (nSPS) is 10.9. The number of hydrogen-bond acceptors (Lipinski definition) is 8. The van der Waals surface area contributed by atoms with E-state index in [0.717, 1.165) is 11.1 Å². The summed E-state index contributed by atoms with van der Waals surface area (Å²) >= 11 is 0. The molecule has 0 saturated heterocycles. The SMILES string of the molecule is COc1ccc(NC(=O)Cn2cc(-c3nc(-c4ccc(C)cc4)no3)c(=O)c3ccc(C)nc32)c(OC)c1. The standard InChI is InChI=1S/C28H25N5O5/c1-16-5-8-18(9-6-16)26-31-28(38-32-26)21-14-33(27-20(25(21)35)11-7-17(2)29-27)15-24(34)30-22-12-10-19(36-3)13-23(22)37-4/h5-14H,15H2,1-4H3,(H,30,34). The number of hydrogen-bond donors (Lipinski definition) is 1. The highest BCUT2D eigenvalue weighted by atomic mass is 16.5. The molecule has 3 heterocycles. The number of nitrogens with zero attached hydrogens (tertiary/aromatic N) is 4. The highest BCUT2D eigenvalue weighted by molar-refractivity contribution is 5.93. The summed E-state index contributed by atoms with van der Waals surface area (Å²) in [6.45, 7) is 3.67. The Balaban J connectivity index is 1.52. The molecule has 0 bridgehead atoms. The average molecular weight is 512 g/mol. The van der Waals surface area contributed by atoms with Gasteiger partial charge in [-0.3, -0.25) is 9.59 Å². The van der Waals surface area contributed by atoms with Gasteiger partial charge in [0.05, 0.1) is 25.3 Å². The van der Waals surface area contributed by atoms with Crippen LogP contribution in [0, 0.1) is 13.8 Å². The van der Waals surface area contributed by atoms with Crippen molar-refractivity contribution < 1.29 is 18.8 Å². The first-order valence-corrected chi connectivity index (χ1v) is 11.8. The Labute approximate surface area is 217 Å². The lowest BCUT2D eigenvalue weighted by atomic mass is 10.1. The van der Waals surface area contributed by atoms with Crippen LogP contribution in [-0.2, 0) is 11.3 Å². The Bertz CT molecular complexity index is 1710. The molecule has 0 aliphatic rings. The molecule has 5 aromatic rings. The molecule has 10 nitrogen and oxygen atoms in total. The smallest absolute Gasteiger partial charge is 0.263 e. The number of anilines is 1. The molecule has 0 atom stereocenters. The number of methoxy groups -OCH3 is 2. The van der Waals surface area contributed by atoms with E-state index in [1.807, 2.05) is 38.1 Å². The van der Waals surface area contributed by atoms with Crippen LogP contribution < -0.4 is 20.2 Å². The number of aromatic nitrogens is 4. The largest absolute Gasteiger partial charge is 0.497 e. The lowest BCUT2D eigenvalue weighted by Gasteiger charge is -2.14. The fourth-order valence-electron chi connectivity index (χ4n) is 4.03. The van der Waals surface area contributed by atoms with E-state index in [9.17, 15) is 9.59 Å². The number of nitrogens with one attached hydrogen (secondary N) is 1. The predicted octanol–water partition coefficient (Wildman–Crippen LogP) is 4.39. The number of ether oxygens (including phenoxy) is 2. The molecular formula is C28H25N5O5. The van der Waals surface area contributed by atoms with E-state index in [2.05, 4.69) is 20.4 Å². The number of aryl methyl sites for hydroxylation is 2. The molecule has 0 aliphatic heterocycles. The van der Waals surface area contributed by atoms with E-state index in [-0.39, 0.29) is 29.3 Å². The van der Waals surface area contributed by atoms with Gasteiger partial charge in [0.2, 0.25) is 17.2 Å². The number of amides is 1. The van der Waals surface area contributed by atoms with Gasteiger partial charge < -0.3 is 23.9 Å². The molecule has 192 valence electrons. The maximum absolute atomic E-state index is 13.4. The summed E-state index contributed by atoms with van der Waals surface area (Å²) in [5.74, 6) is 1.11. The fraction of sp³-hybridized carbons (Fsp3) is 0.179. The molecule has 0 unspecified atom stereocenters. The minimum Gasteiger partial charge on any atom is -0.497 e. The first-order chi connectivity index (χ1) is 18.4. The zero-order valence-electron chi connectivity index (χ0n) is 21.3. The Morgan fingerprint density at radius 2 is 1.79 bits per heavy atom. The van der Waals surface area contributed by atoms with Gasteiger partial charge in [-0.2, -0.15) is 4.98 Å². The van der Waals surface area contributed by atoms with Gasteiger partial charge in [0.1, 0.15) is 29.3 Å². The van der Waals surface area contributed by atoms with Crippen LogP contribution in [0.4, 0.5) is 5.69 Å². The maximum Gasteiger partial charge on any atom is 0.263 e. The maximum atomic E-state index is 13.4. The van der Waals surface area contributed by atoms with Crippen LogP contribution in [0.15, 0.2) is 70.1 Å². The summed E-state index contributed by atoms with van der Waals surface area (Å²) in [4.78, 5) is 35.5. The Kier molecular flexibility index (Phi) is 6.61. The van der Waals surface area contributed by atoms with Crippen molar-refractivity contribution in [3.05, 3.63) is 82.3 Å². The van der Waals surface area contributed by atoms with Crippen molar-refractivity contribution in [1.82, 2.24) is 19.7 Å². The summed E-state index contributed by atoms with van der Waals surface area (Å²) in [6, 6.07) is 16.2. The Hall–Kier alpha value is -4.99. The quantitative estimate of drug-likeness (QED) is 0.342. The first kappa shape index (κ1) is 24.7. The molecule has 38 heavy (non-hydrogen) atoms. The minimum atomic E-state index is -0.349. The van der Waals surface area contributed by atoms with Gasteiger partial charge in [-0.25, -0.2) is 4.98 Å². The second kappa shape index (κ2) is 10.2. The summed E-state index contributed by atoms with van der Waals surface area (Å²) in [6.07, 6.45) is 1.52. The van der Waals surface area contributed by atoms with Crippen LogP contribution in [0.5, 0.6) is 11.5 Å². The highest BCUT2D eigenvalue weighted by Crippen LogP contribution is 2.29. The molecule has 10 heteroatoms. The van der Waals surface area contributed by atoms with Crippen LogP contribution >= 0.6 is 0 Å². The van der Waals surface area contributed by atoms with E-state index in [1.165, 1.54) is 13.3 Å². The third kappa shape index (κ3) is 4.83. The summed E-state index contributed by atoms with van der Waals surface area (Å²) in [5, 5.41) is 7.23. The molecular weight excluding hydrogens is 486 g/mol. The Morgan fingerprint density at radius 1 is 1.00 bits per heavy atom. The van der Waals surface area contributed by atoms with Crippen molar-refractivity contribution in [1.29, 1.82) is 0 Å². The molecule has 5 rings (SSSR count). The van der Waals surface area contributed by atoms with Crippen LogP contribution in [0.2, 0.25) is 0 Å². The monoisotopic (exact) mass is 511 g/mol. The lowest BCUT2D eigenvalue weighted by molar-refractivity contribution is -0.116. The van der Waals surface area contributed by atoms with Crippen LogP contribution in [0.3, 0.4) is 0 Å². The van der Waals surface area contributed by atoms with E-state index in [1.54, 1.807) is 42.0 Å². The van der Waals surface area contributed by atoms with E-state index in [4.69, 9.17) is 14.0 Å². The molecule has 1 N–H and O–H groups in total. The van der Waals surface area contributed by atoms with Crippen molar-refractivity contribution in [2.24, 2.45) is 0 Å². The average Bonchev–Trinajstić information content (AvgIpc) is 3.41. The van der Waals surface area contributed by atoms with Crippen LogP contribution in [-0.4, -0.2) is 39.8 Å². The topological polar surface area (TPSA) is 121 Å². The molecule has 0 spiro atoms. The van der Waals surface area contributed by atoms with Crippen molar-refractivity contribution in [3.63, 3.8) is 0 Å². The number of fused-ring (bicyclic) bond motifs is 1. The van der Waals surface area contributed by atoms with Crippen LogP contribution in [0.25, 0.3) is 33.9 Å². The molecule has 0 fully saturated rings. The van der Waals surface area contributed by atoms with Gasteiger partial charge in [-0.05, 0) is 38.1 Å². The molecule has 3 aromatic heterocycles. The third-order valence-electron chi connectivity index (χ3n) is 6.02. The van der Waals surface area contributed by atoms with E-state index >= 15 is 0 Å². The third-order valence-corrected chi connectivity index (χ3v) is 6.02. The number of carbonyl (C=O) groups is 1. The lowest BCUT2D eigenvalue weighted by Crippen LogP contribution is -2.22. The first-order valence-electron chi connectivity index (χ1n) is 11.8. The second-order valence-electron chi connectivity index (χ2n) is 8.73. The highest BCUT2D eigenvalue weighted by Gasteiger charge is 2.20. The fourth-order valence-corrected chi connectivity index (χ4v) is 4.03.